The fraction of sp³-hybridized carbons (Fsp3) is 0.250. The van der Waals surface area contributed by atoms with Crippen LogP contribution in [0.3, 0.4) is 0 Å². The smallest absolute Gasteiger partial charge is 0.270 e. The number of rotatable bonds is 9. The Bertz CT molecular complexity index is 1820. The number of carbonyl (C=O) groups is 1. The largest absolute Gasteiger partial charge is 0.491 e. The number of amides is 1. The first kappa shape index (κ1) is 26.6. The molecule has 12 nitrogen and oxygen atoms in total. The molecule has 41 heavy (non-hydrogen) atoms. The van der Waals surface area contributed by atoms with Gasteiger partial charge in [-0.05, 0) is 55.2 Å². The third-order valence-electron chi connectivity index (χ3n) is 7.12. The average molecular weight is 573 g/mol. The predicted octanol–water partition coefficient (Wildman–Crippen LogP) is 2.34. The van der Waals surface area contributed by atoms with Crippen molar-refractivity contribution in [1.82, 2.24) is 29.9 Å². The molecule has 13 heteroatoms. The molecule has 0 aliphatic carbocycles. The van der Waals surface area contributed by atoms with E-state index in [2.05, 4.69) is 30.3 Å². The van der Waals surface area contributed by atoms with Gasteiger partial charge in [0.05, 0.1) is 16.5 Å². The fourth-order valence-corrected chi connectivity index (χ4v) is 5.59. The zero-order valence-electron chi connectivity index (χ0n) is 22.1. The molecular formula is C28H28N8O4S. The van der Waals surface area contributed by atoms with Gasteiger partial charge in [0.1, 0.15) is 30.2 Å². The Kier molecular flexibility index (Phi) is 7.20. The lowest BCUT2D eigenvalue weighted by Gasteiger charge is -2.26. The minimum absolute atomic E-state index is 0.0476. The predicted molar refractivity (Wildman–Crippen MR) is 152 cm³/mol. The Morgan fingerprint density at radius 3 is 2.76 bits per heavy atom. The van der Waals surface area contributed by atoms with E-state index in [0.717, 1.165) is 36.2 Å². The molecule has 1 fully saturated rings. The molecule has 1 saturated heterocycles. The molecule has 2 aromatic carbocycles. The lowest BCUT2D eigenvalue weighted by Crippen LogP contribution is -2.35. The van der Waals surface area contributed by atoms with Crippen LogP contribution in [0.4, 0.5) is 5.82 Å². The van der Waals surface area contributed by atoms with Crippen molar-refractivity contribution in [2.24, 2.45) is 5.14 Å². The molecule has 1 atom stereocenters. The number of carbonyl (C=O) groups excluding carboxylic acids is 1. The Labute approximate surface area is 236 Å². The Morgan fingerprint density at radius 2 is 1.93 bits per heavy atom. The monoisotopic (exact) mass is 572 g/mol. The number of anilines is 1. The topological polar surface area (TPSA) is 158 Å². The van der Waals surface area contributed by atoms with Gasteiger partial charge in [-0.25, -0.2) is 23.5 Å². The molecule has 0 spiro atoms. The summed E-state index contributed by atoms with van der Waals surface area (Å²) in [5.41, 5.74) is 1.78. The summed E-state index contributed by atoms with van der Waals surface area (Å²) in [6.45, 7) is 1.63. The van der Waals surface area contributed by atoms with E-state index in [-0.39, 0.29) is 22.5 Å². The highest BCUT2D eigenvalue weighted by Crippen LogP contribution is 2.29. The normalized spacial score (nSPS) is 15.4. The van der Waals surface area contributed by atoms with E-state index in [0.29, 0.717) is 36.6 Å². The van der Waals surface area contributed by atoms with Crippen LogP contribution >= 0.6 is 0 Å². The van der Waals surface area contributed by atoms with Crippen LogP contribution in [-0.2, 0) is 16.4 Å². The standard InChI is InChI=1S/C28H28N8O4S/c29-41(38,39)21-9-7-19(8-10-21)11-13-30-27(37)24-16-25(22-5-1-2-6-23(22)34-24)40-17-20-4-3-15-35(20)26-12-14-31-28-32-18-33-36(26)28/h1-2,5-10,12,14,16,18,20H,3-4,11,13,15,17H2,(H,30,37)(H2,29,38,39)/t20-/m1/s1. The van der Waals surface area contributed by atoms with Gasteiger partial charge in [-0.2, -0.15) is 14.6 Å². The molecule has 4 heterocycles. The zero-order valence-corrected chi connectivity index (χ0v) is 22.9. The molecule has 210 valence electrons. The summed E-state index contributed by atoms with van der Waals surface area (Å²) < 4.78 is 31.0. The number of ether oxygens (including phenoxy) is 1. The summed E-state index contributed by atoms with van der Waals surface area (Å²) in [6, 6.07) is 17.6. The van der Waals surface area contributed by atoms with Crippen LogP contribution in [0.5, 0.6) is 5.75 Å². The molecule has 0 unspecified atom stereocenters. The van der Waals surface area contributed by atoms with Gasteiger partial charge in [0, 0.05) is 30.7 Å². The van der Waals surface area contributed by atoms with Crippen molar-refractivity contribution in [3.8, 4) is 5.75 Å². The van der Waals surface area contributed by atoms with Gasteiger partial charge in [-0.3, -0.25) is 4.79 Å². The number of hydrogen-bond donors (Lipinski definition) is 2. The Hall–Kier alpha value is -4.62. The van der Waals surface area contributed by atoms with E-state index in [1.807, 2.05) is 30.3 Å². The van der Waals surface area contributed by atoms with Crippen molar-refractivity contribution in [3.63, 3.8) is 0 Å². The third kappa shape index (κ3) is 5.67. The molecule has 1 aliphatic rings. The number of aromatic nitrogens is 5. The highest BCUT2D eigenvalue weighted by Gasteiger charge is 2.28. The molecule has 6 rings (SSSR count). The van der Waals surface area contributed by atoms with E-state index in [4.69, 9.17) is 9.88 Å². The molecule has 0 radical (unpaired) electrons. The van der Waals surface area contributed by atoms with Gasteiger partial charge < -0.3 is 15.0 Å². The van der Waals surface area contributed by atoms with Crippen molar-refractivity contribution in [2.75, 3.05) is 24.6 Å². The first-order chi connectivity index (χ1) is 19.9. The van der Waals surface area contributed by atoms with Crippen molar-refractivity contribution >= 4 is 38.4 Å². The minimum atomic E-state index is -3.75. The van der Waals surface area contributed by atoms with Crippen LogP contribution in [0.25, 0.3) is 16.7 Å². The quantitative estimate of drug-likeness (QED) is 0.270. The van der Waals surface area contributed by atoms with Gasteiger partial charge >= 0.3 is 0 Å². The second-order valence-electron chi connectivity index (χ2n) is 9.79. The summed E-state index contributed by atoms with van der Waals surface area (Å²) in [5, 5.41) is 13.2. The molecule has 3 aromatic heterocycles. The Morgan fingerprint density at radius 1 is 1.10 bits per heavy atom. The zero-order chi connectivity index (χ0) is 28.4. The summed E-state index contributed by atoms with van der Waals surface area (Å²) in [6.07, 6.45) is 5.71. The van der Waals surface area contributed by atoms with Crippen LogP contribution < -0.4 is 20.1 Å². The van der Waals surface area contributed by atoms with Gasteiger partial charge in [0.2, 0.25) is 10.0 Å². The van der Waals surface area contributed by atoms with E-state index in [1.54, 1.807) is 28.9 Å². The number of pyridine rings is 1. The minimum Gasteiger partial charge on any atom is -0.491 e. The molecule has 0 saturated carbocycles. The summed E-state index contributed by atoms with van der Waals surface area (Å²) in [7, 11) is -3.75. The number of para-hydroxylation sites is 1. The van der Waals surface area contributed by atoms with Crippen LogP contribution in [0.2, 0.25) is 0 Å². The lowest BCUT2D eigenvalue weighted by molar-refractivity contribution is 0.0949. The van der Waals surface area contributed by atoms with Crippen molar-refractivity contribution in [2.45, 2.75) is 30.2 Å². The number of nitrogens with two attached hydrogens (primary N) is 1. The van der Waals surface area contributed by atoms with Gasteiger partial charge in [0.25, 0.3) is 11.7 Å². The van der Waals surface area contributed by atoms with Crippen molar-refractivity contribution in [3.05, 3.63) is 84.4 Å². The average Bonchev–Trinajstić information content (AvgIpc) is 3.65. The number of nitrogens with zero attached hydrogens (tertiary/aromatic N) is 6. The van der Waals surface area contributed by atoms with E-state index >= 15 is 0 Å². The number of nitrogens with one attached hydrogen (secondary N) is 1. The SMILES string of the molecule is NS(=O)(=O)c1ccc(CCNC(=O)c2cc(OC[C@H]3CCCN3c3ccnc4ncnn34)c3ccccc3n2)cc1. The van der Waals surface area contributed by atoms with Crippen LogP contribution in [-0.4, -0.2) is 64.6 Å². The molecule has 1 amide bonds. The number of hydrogen-bond acceptors (Lipinski definition) is 9. The van der Waals surface area contributed by atoms with E-state index in [9.17, 15) is 13.2 Å². The molecule has 3 N–H and O–H groups in total. The summed E-state index contributed by atoms with van der Waals surface area (Å²) in [4.78, 5) is 28.4. The lowest BCUT2D eigenvalue weighted by atomic mass is 10.1. The molecule has 5 aromatic rings. The van der Waals surface area contributed by atoms with Gasteiger partial charge in [0.15, 0.2) is 0 Å². The van der Waals surface area contributed by atoms with Gasteiger partial charge in [-0.1, -0.05) is 24.3 Å². The number of sulfonamides is 1. The Balaban J connectivity index is 1.15. The second kappa shape index (κ2) is 11.1. The maximum absolute atomic E-state index is 13.1. The number of fused-ring (bicyclic) bond motifs is 2. The summed E-state index contributed by atoms with van der Waals surface area (Å²) >= 11 is 0. The summed E-state index contributed by atoms with van der Waals surface area (Å²) in [5.74, 6) is 1.73. The molecule has 0 bridgehead atoms. The maximum atomic E-state index is 13.1. The van der Waals surface area contributed by atoms with Gasteiger partial charge in [-0.15, -0.1) is 0 Å². The maximum Gasteiger partial charge on any atom is 0.270 e. The third-order valence-corrected chi connectivity index (χ3v) is 8.05. The first-order valence-electron chi connectivity index (χ1n) is 13.2. The fourth-order valence-electron chi connectivity index (χ4n) is 5.08. The van der Waals surface area contributed by atoms with Crippen molar-refractivity contribution in [1.29, 1.82) is 0 Å². The second-order valence-corrected chi connectivity index (χ2v) is 11.4. The molecule has 1 aliphatic heterocycles. The molecular weight excluding hydrogens is 544 g/mol. The van der Waals surface area contributed by atoms with Crippen LogP contribution in [0.15, 0.2) is 78.1 Å². The van der Waals surface area contributed by atoms with E-state index < -0.39 is 10.0 Å². The highest BCUT2D eigenvalue weighted by molar-refractivity contribution is 7.89. The van der Waals surface area contributed by atoms with Crippen LogP contribution in [0.1, 0.15) is 28.9 Å². The van der Waals surface area contributed by atoms with Crippen molar-refractivity contribution < 1.29 is 17.9 Å². The highest BCUT2D eigenvalue weighted by atomic mass is 32.2. The number of primary sulfonamides is 1. The first-order valence-corrected chi connectivity index (χ1v) is 14.8. The van der Waals surface area contributed by atoms with E-state index in [1.165, 1.54) is 18.5 Å². The number of benzene rings is 2. The van der Waals surface area contributed by atoms with Crippen LogP contribution in [0, 0.1) is 0 Å².